The maximum Gasteiger partial charge on any atom is 0.262 e. The molecule has 0 bridgehead atoms. The van der Waals surface area contributed by atoms with Crippen LogP contribution in [0, 0.1) is 0 Å². The molecule has 0 radical (unpaired) electrons. The minimum Gasteiger partial charge on any atom is -0.484 e. The lowest BCUT2D eigenvalue weighted by Gasteiger charge is -2.30. The topological polar surface area (TPSA) is 76.8 Å². The molecule has 0 aliphatic carbocycles. The Hall–Kier alpha value is -2.73. The molecule has 0 aromatic heterocycles. The van der Waals surface area contributed by atoms with E-state index < -0.39 is 0 Å². The number of aryl methyl sites for hydroxylation is 1. The van der Waals surface area contributed by atoms with Crippen LogP contribution in [0.25, 0.3) is 0 Å². The summed E-state index contributed by atoms with van der Waals surface area (Å²) in [6, 6.07) is 13.3. The first-order valence-corrected chi connectivity index (χ1v) is 8.89. The molecular weight excluding hydrogens is 330 g/mol. The Bertz CT molecular complexity index is 740. The third-order valence-electron chi connectivity index (χ3n) is 4.36. The van der Waals surface area contributed by atoms with Crippen molar-refractivity contribution in [2.75, 3.05) is 48.9 Å². The average molecular weight is 355 g/mol. The average Bonchev–Trinajstić information content (AvgIpc) is 2.67. The van der Waals surface area contributed by atoms with E-state index in [4.69, 9.17) is 15.2 Å². The van der Waals surface area contributed by atoms with E-state index in [0.717, 1.165) is 25.2 Å². The van der Waals surface area contributed by atoms with Gasteiger partial charge in [0.15, 0.2) is 6.61 Å². The molecule has 1 aliphatic heterocycles. The molecule has 1 saturated heterocycles. The Morgan fingerprint density at radius 3 is 2.58 bits per heavy atom. The summed E-state index contributed by atoms with van der Waals surface area (Å²) in [5.41, 5.74) is 9.66. The van der Waals surface area contributed by atoms with Gasteiger partial charge in [0.1, 0.15) is 5.75 Å². The SMILES string of the molecule is CCc1ccc(OCC(=O)Nc2ccc(N3CCOCC3)c(N)c2)cc1. The van der Waals surface area contributed by atoms with Crippen molar-refractivity contribution in [2.45, 2.75) is 13.3 Å². The molecular formula is C20H25N3O3. The van der Waals surface area contributed by atoms with Crippen molar-refractivity contribution < 1.29 is 14.3 Å². The molecule has 3 N–H and O–H groups in total. The Morgan fingerprint density at radius 1 is 1.19 bits per heavy atom. The molecule has 2 aromatic carbocycles. The second-order valence-corrected chi connectivity index (χ2v) is 6.21. The third-order valence-corrected chi connectivity index (χ3v) is 4.36. The molecule has 26 heavy (non-hydrogen) atoms. The molecule has 2 aromatic rings. The fourth-order valence-corrected chi connectivity index (χ4v) is 2.89. The van der Waals surface area contributed by atoms with Crippen molar-refractivity contribution >= 4 is 23.0 Å². The molecule has 1 fully saturated rings. The van der Waals surface area contributed by atoms with E-state index in [0.29, 0.717) is 30.3 Å². The van der Waals surface area contributed by atoms with Gasteiger partial charge in [0.25, 0.3) is 5.91 Å². The van der Waals surface area contributed by atoms with Gasteiger partial charge in [-0.3, -0.25) is 4.79 Å². The van der Waals surface area contributed by atoms with Crippen molar-refractivity contribution in [1.82, 2.24) is 0 Å². The summed E-state index contributed by atoms with van der Waals surface area (Å²) in [5.74, 6) is 0.461. The number of nitrogen functional groups attached to an aromatic ring is 1. The number of nitrogens with two attached hydrogens (primary N) is 1. The second kappa shape index (κ2) is 8.58. The van der Waals surface area contributed by atoms with E-state index in [-0.39, 0.29) is 12.5 Å². The first-order valence-electron chi connectivity index (χ1n) is 8.89. The summed E-state index contributed by atoms with van der Waals surface area (Å²) in [6.45, 7) is 5.10. The Morgan fingerprint density at radius 2 is 1.92 bits per heavy atom. The van der Waals surface area contributed by atoms with Crippen LogP contribution in [0.5, 0.6) is 5.75 Å². The molecule has 0 unspecified atom stereocenters. The molecule has 6 nitrogen and oxygen atoms in total. The van der Waals surface area contributed by atoms with E-state index in [1.165, 1.54) is 5.56 Å². The van der Waals surface area contributed by atoms with E-state index in [9.17, 15) is 4.79 Å². The number of carbonyl (C=O) groups excluding carboxylic acids is 1. The van der Waals surface area contributed by atoms with Crippen LogP contribution in [0.15, 0.2) is 42.5 Å². The zero-order valence-electron chi connectivity index (χ0n) is 15.0. The smallest absolute Gasteiger partial charge is 0.262 e. The highest BCUT2D eigenvalue weighted by Crippen LogP contribution is 2.27. The van der Waals surface area contributed by atoms with Crippen LogP contribution in [0.3, 0.4) is 0 Å². The summed E-state index contributed by atoms with van der Waals surface area (Å²) < 4.78 is 10.9. The summed E-state index contributed by atoms with van der Waals surface area (Å²) in [4.78, 5) is 14.3. The number of amides is 1. The predicted octanol–water partition coefficient (Wildman–Crippen LogP) is 2.69. The first kappa shape index (κ1) is 18.1. The van der Waals surface area contributed by atoms with E-state index in [1.54, 1.807) is 6.07 Å². The van der Waals surface area contributed by atoms with Crippen LogP contribution >= 0.6 is 0 Å². The fourth-order valence-electron chi connectivity index (χ4n) is 2.89. The van der Waals surface area contributed by atoms with Gasteiger partial charge in [0, 0.05) is 18.8 Å². The number of nitrogens with one attached hydrogen (secondary N) is 1. The predicted molar refractivity (Wildman–Crippen MR) is 104 cm³/mol. The second-order valence-electron chi connectivity index (χ2n) is 6.21. The van der Waals surface area contributed by atoms with Crippen LogP contribution in [-0.4, -0.2) is 38.8 Å². The molecule has 6 heteroatoms. The van der Waals surface area contributed by atoms with Crippen molar-refractivity contribution in [1.29, 1.82) is 0 Å². The largest absolute Gasteiger partial charge is 0.484 e. The lowest BCUT2D eigenvalue weighted by Crippen LogP contribution is -2.36. The minimum atomic E-state index is -0.219. The Balaban J connectivity index is 1.54. The molecule has 3 rings (SSSR count). The number of morpholine rings is 1. The molecule has 1 aliphatic rings. The lowest BCUT2D eigenvalue weighted by molar-refractivity contribution is -0.118. The van der Waals surface area contributed by atoms with Crippen LogP contribution in [0.2, 0.25) is 0 Å². The number of rotatable bonds is 6. The summed E-state index contributed by atoms with van der Waals surface area (Å²) in [7, 11) is 0. The van der Waals surface area contributed by atoms with Gasteiger partial charge >= 0.3 is 0 Å². The quantitative estimate of drug-likeness (QED) is 0.779. The zero-order valence-corrected chi connectivity index (χ0v) is 15.0. The summed E-state index contributed by atoms with van der Waals surface area (Å²) >= 11 is 0. The van der Waals surface area contributed by atoms with Gasteiger partial charge in [0.2, 0.25) is 0 Å². The van der Waals surface area contributed by atoms with E-state index in [1.807, 2.05) is 36.4 Å². The monoisotopic (exact) mass is 355 g/mol. The van der Waals surface area contributed by atoms with Gasteiger partial charge in [-0.2, -0.15) is 0 Å². The van der Waals surface area contributed by atoms with Gasteiger partial charge in [0.05, 0.1) is 24.6 Å². The van der Waals surface area contributed by atoms with Crippen molar-refractivity contribution in [3.8, 4) is 5.75 Å². The Kier molecular flexibility index (Phi) is 5.96. The summed E-state index contributed by atoms with van der Waals surface area (Å²) in [5, 5.41) is 2.82. The lowest BCUT2D eigenvalue weighted by atomic mass is 10.2. The number of hydrogen-bond donors (Lipinski definition) is 2. The number of hydrogen-bond acceptors (Lipinski definition) is 5. The highest BCUT2D eigenvalue weighted by atomic mass is 16.5. The molecule has 0 saturated carbocycles. The first-order chi connectivity index (χ1) is 12.7. The molecule has 1 heterocycles. The maximum atomic E-state index is 12.1. The van der Waals surface area contributed by atoms with Crippen LogP contribution in [0.1, 0.15) is 12.5 Å². The number of carbonyl (C=O) groups is 1. The molecule has 0 atom stereocenters. The number of benzene rings is 2. The van der Waals surface area contributed by atoms with Crippen LogP contribution < -0.4 is 20.7 Å². The summed E-state index contributed by atoms with van der Waals surface area (Å²) in [6.07, 6.45) is 0.975. The number of ether oxygens (including phenoxy) is 2. The number of anilines is 3. The molecule has 138 valence electrons. The van der Waals surface area contributed by atoms with Gasteiger partial charge < -0.3 is 25.4 Å². The van der Waals surface area contributed by atoms with Gasteiger partial charge in [-0.25, -0.2) is 0 Å². The molecule has 0 spiro atoms. The molecule has 1 amide bonds. The van der Waals surface area contributed by atoms with Gasteiger partial charge in [-0.1, -0.05) is 19.1 Å². The van der Waals surface area contributed by atoms with E-state index in [2.05, 4.69) is 17.1 Å². The van der Waals surface area contributed by atoms with Crippen molar-refractivity contribution in [2.24, 2.45) is 0 Å². The van der Waals surface area contributed by atoms with E-state index >= 15 is 0 Å². The van der Waals surface area contributed by atoms with Crippen LogP contribution in [-0.2, 0) is 16.0 Å². The Labute approximate surface area is 153 Å². The normalized spacial score (nSPS) is 14.1. The van der Waals surface area contributed by atoms with Gasteiger partial charge in [-0.15, -0.1) is 0 Å². The van der Waals surface area contributed by atoms with Crippen molar-refractivity contribution in [3.63, 3.8) is 0 Å². The maximum absolute atomic E-state index is 12.1. The standard InChI is InChI=1S/C20H25N3O3/c1-2-15-3-6-17(7-4-15)26-14-20(24)22-16-5-8-19(18(21)13-16)23-9-11-25-12-10-23/h3-8,13H,2,9-12,14,21H2,1H3,(H,22,24). The van der Waals surface area contributed by atoms with Crippen molar-refractivity contribution in [3.05, 3.63) is 48.0 Å². The third kappa shape index (κ3) is 4.67. The van der Waals surface area contributed by atoms with Gasteiger partial charge in [-0.05, 0) is 42.3 Å². The number of nitrogens with zero attached hydrogens (tertiary/aromatic N) is 1. The van der Waals surface area contributed by atoms with Crippen LogP contribution in [0.4, 0.5) is 17.1 Å². The minimum absolute atomic E-state index is 0.0450. The fraction of sp³-hybridized carbons (Fsp3) is 0.350. The highest BCUT2D eigenvalue weighted by Gasteiger charge is 2.14. The highest BCUT2D eigenvalue weighted by molar-refractivity contribution is 5.93. The zero-order chi connectivity index (χ0) is 18.4.